The summed E-state index contributed by atoms with van der Waals surface area (Å²) in [5.41, 5.74) is 5.11. The summed E-state index contributed by atoms with van der Waals surface area (Å²) >= 11 is 5.77. The highest BCUT2D eigenvalue weighted by Crippen LogP contribution is 2.36. The minimum absolute atomic E-state index is 0.0427. The van der Waals surface area contributed by atoms with Gasteiger partial charge in [0.1, 0.15) is 0 Å². The van der Waals surface area contributed by atoms with E-state index in [1.807, 2.05) is 0 Å². The van der Waals surface area contributed by atoms with Gasteiger partial charge in [0, 0.05) is 5.04 Å². The van der Waals surface area contributed by atoms with Gasteiger partial charge in [0.2, 0.25) is 0 Å². The molecule has 0 nitrogen and oxygen atoms in total. The second-order valence-electron chi connectivity index (χ2n) is 4.93. The van der Waals surface area contributed by atoms with E-state index in [0.29, 0.717) is 9.52 Å². The SMILES string of the molecule is ClC=C[Si]C1(c2cccc3ccccc23)C=CC=CC1. The predicted octanol–water partition coefficient (Wildman–Crippen LogP) is 4.97. The first-order valence-corrected chi connectivity index (χ1v) is 8.23. The Balaban J connectivity index is 2.19. The average molecular weight is 295 g/mol. The second kappa shape index (κ2) is 5.82. The van der Waals surface area contributed by atoms with Gasteiger partial charge in [0.05, 0.1) is 9.52 Å². The molecule has 0 saturated heterocycles. The van der Waals surface area contributed by atoms with E-state index in [2.05, 4.69) is 72.5 Å². The summed E-state index contributed by atoms with van der Waals surface area (Å²) in [6, 6.07) is 15.2. The molecule has 1 atom stereocenters. The Bertz CT molecular complexity index is 694. The second-order valence-corrected chi connectivity index (χ2v) is 6.69. The molecule has 0 saturated carbocycles. The fourth-order valence-electron chi connectivity index (χ4n) is 2.80. The van der Waals surface area contributed by atoms with Crippen LogP contribution in [0, 0.1) is 0 Å². The van der Waals surface area contributed by atoms with Gasteiger partial charge in [-0.3, -0.25) is 0 Å². The first-order valence-electron chi connectivity index (χ1n) is 6.71. The molecule has 0 heterocycles. The van der Waals surface area contributed by atoms with Gasteiger partial charge in [0.25, 0.3) is 0 Å². The van der Waals surface area contributed by atoms with Crippen LogP contribution in [0.1, 0.15) is 12.0 Å². The zero-order valence-electron chi connectivity index (χ0n) is 11.1. The molecule has 1 aliphatic rings. The maximum absolute atomic E-state index is 5.77. The van der Waals surface area contributed by atoms with Crippen LogP contribution in [-0.2, 0) is 5.04 Å². The van der Waals surface area contributed by atoms with E-state index >= 15 is 0 Å². The molecule has 0 amide bonds. The molecule has 1 aliphatic carbocycles. The lowest BCUT2D eigenvalue weighted by molar-refractivity contribution is 0.761. The maximum Gasteiger partial charge on any atom is 0.0897 e. The highest BCUT2D eigenvalue weighted by atomic mass is 35.5. The fourth-order valence-corrected chi connectivity index (χ4v) is 4.15. The van der Waals surface area contributed by atoms with Gasteiger partial charge < -0.3 is 0 Å². The Morgan fingerprint density at radius 1 is 1.05 bits per heavy atom. The minimum atomic E-state index is 0.0427. The van der Waals surface area contributed by atoms with Crippen molar-refractivity contribution >= 4 is 31.9 Å². The number of fused-ring (bicyclic) bond motifs is 1. The molecule has 2 radical (unpaired) electrons. The molecule has 2 aromatic rings. The Labute approximate surface area is 127 Å². The van der Waals surface area contributed by atoms with Crippen molar-refractivity contribution in [2.45, 2.75) is 11.5 Å². The topological polar surface area (TPSA) is 0 Å². The number of hydrogen-bond donors (Lipinski definition) is 0. The average Bonchev–Trinajstić information content (AvgIpc) is 2.53. The van der Waals surface area contributed by atoms with Crippen molar-refractivity contribution in [1.29, 1.82) is 0 Å². The van der Waals surface area contributed by atoms with Crippen LogP contribution < -0.4 is 0 Å². The molecular formula is C18H15ClSi. The zero-order valence-corrected chi connectivity index (χ0v) is 12.8. The van der Waals surface area contributed by atoms with Crippen LogP contribution in [0.4, 0.5) is 0 Å². The van der Waals surface area contributed by atoms with E-state index in [9.17, 15) is 0 Å². The van der Waals surface area contributed by atoms with Gasteiger partial charge >= 0.3 is 0 Å². The van der Waals surface area contributed by atoms with E-state index in [0.717, 1.165) is 6.42 Å². The molecule has 98 valence electrons. The maximum atomic E-state index is 5.77. The summed E-state index contributed by atoms with van der Waals surface area (Å²) in [6.45, 7) is 0. The van der Waals surface area contributed by atoms with Gasteiger partial charge in [-0.05, 0) is 28.3 Å². The minimum Gasteiger partial charge on any atom is -0.0937 e. The summed E-state index contributed by atoms with van der Waals surface area (Å²) in [5.74, 6) is 0. The molecule has 0 aromatic heterocycles. The van der Waals surface area contributed by atoms with Gasteiger partial charge in [-0.25, -0.2) is 0 Å². The van der Waals surface area contributed by atoms with Crippen LogP contribution in [0.5, 0.6) is 0 Å². The summed E-state index contributed by atoms with van der Waals surface area (Å²) in [6.07, 6.45) is 9.87. The van der Waals surface area contributed by atoms with Crippen molar-refractivity contribution in [3.05, 3.63) is 83.6 Å². The van der Waals surface area contributed by atoms with E-state index in [-0.39, 0.29) is 5.04 Å². The van der Waals surface area contributed by atoms with Crippen molar-refractivity contribution < 1.29 is 0 Å². The molecule has 0 aliphatic heterocycles. The van der Waals surface area contributed by atoms with Crippen LogP contribution >= 0.6 is 11.6 Å². The normalized spacial score (nSPS) is 21.9. The lowest BCUT2D eigenvalue weighted by Crippen LogP contribution is -2.31. The molecule has 0 spiro atoms. The van der Waals surface area contributed by atoms with E-state index in [1.54, 1.807) is 5.54 Å². The summed E-state index contributed by atoms with van der Waals surface area (Å²) in [5, 5.41) is 2.68. The van der Waals surface area contributed by atoms with Crippen molar-refractivity contribution in [2.75, 3.05) is 0 Å². The lowest BCUT2D eigenvalue weighted by atomic mass is 9.87. The molecule has 0 fully saturated rings. The molecular weight excluding hydrogens is 280 g/mol. The molecule has 2 heteroatoms. The van der Waals surface area contributed by atoms with Crippen LogP contribution in [0.2, 0.25) is 0 Å². The molecule has 0 N–H and O–H groups in total. The number of allylic oxidation sites excluding steroid dienone is 4. The summed E-state index contributed by atoms with van der Waals surface area (Å²) in [7, 11) is 0.642. The van der Waals surface area contributed by atoms with Crippen molar-refractivity contribution in [3.8, 4) is 0 Å². The van der Waals surface area contributed by atoms with E-state index in [1.165, 1.54) is 16.3 Å². The monoisotopic (exact) mass is 294 g/mol. The lowest BCUT2D eigenvalue weighted by Gasteiger charge is -2.31. The Kier molecular flexibility index (Phi) is 3.90. The van der Waals surface area contributed by atoms with Crippen LogP contribution in [-0.4, -0.2) is 9.52 Å². The summed E-state index contributed by atoms with van der Waals surface area (Å²) in [4.78, 5) is 0. The first-order chi connectivity index (χ1) is 9.86. The predicted molar refractivity (Wildman–Crippen MR) is 89.3 cm³/mol. The third-order valence-corrected chi connectivity index (χ3v) is 5.57. The van der Waals surface area contributed by atoms with Crippen molar-refractivity contribution in [1.82, 2.24) is 0 Å². The molecule has 2 aromatic carbocycles. The third kappa shape index (κ3) is 2.39. The molecule has 20 heavy (non-hydrogen) atoms. The van der Waals surface area contributed by atoms with Crippen molar-refractivity contribution in [2.24, 2.45) is 0 Å². The van der Waals surface area contributed by atoms with E-state index < -0.39 is 0 Å². The third-order valence-electron chi connectivity index (χ3n) is 3.74. The molecule has 0 bridgehead atoms. The Morgan fingerprint density at radius 2 is 1.90 bits per heavy atom. The number of benzene rings is 2. The Hall–Kier alpha value is -1.57. The van der Waals surface area contributed by atoms with Crippen LogP contribution in [0.25, 0.3) is 10.8 Å². The van der Waals surface area contributed by atoms with Gasteiger partial charge in [-0.2, -0.15) is 0 Å². The molecule has 1 unspecified atom stereocenters. The highest BCUT2D eigenvalue weighted by molar-refractivity contribution is 6.49. The van der Waals surface area contributed by atoms with Gasteiger partial charge in [0.15, 0.2) is 0 Å². The fraction of sp³-hybridized carbons (Fsp3) is 0.111. The summed E-state index contributed by atoms with van der Waals surface area (Å²) < 4.78 is 0. The number of rotatable bonds is 3. The number of halogens is 1. The Morgan fingerprint density at radius 3 is 2.70 bits per heavy atom. The van der Waals surface area contributed by atoms with Crippen LogP contribution in [0.3, 0.4) is 0 Å². The highest BCUT2D eigenvalue weighted by Gasteiger charge is 2.30. The smallest absolute Gasteiger partial charge is 0.0897 e. The van der Waals surface area contributed by atoms with Crippen molar-refractivity contribution in [3.63, 3.8) is 0 Å². The standard InChI is InChI=1S/C18H15ClSi/c19-13-14-20-18(11-4-1-5-12-18)17-10-6-8-15-7-2-3-9-16(15)17/h1-11,13-14H,12H2. The van der Waals surface area contributed by atoms with Crippen LogP contribution in [0.15, 0.2) is 78.0 Å². The van der Waals surface area contributed by atoms with Gasteiger partial charge in [-0.15, -0.1) is 0 Å². The largest absolute Gasteiger partial charge is 0.0937 e. The van der Waals surface area contributed by atoms with E-state index in [4.69, 9.17) is 11.6 Å². The number of hydrogen-bond acceptors (Lipinski definition) is 0. The molecule has 3 rings (SSSR count). The quantitative estimate of drug-likeness (QED) is 0.702. The first kappa shape index (κ1) is 13.4. The zero-order chi connectivity index (χ0) is 13.8. The van der Waals surface area contributed by atoms with Gasteiger partial charge in [-0.1, -0.05) is 84.1 Å².